The van der Waals surface area contributed by atoms with Crippen LogP contribution < -0.4 is 0 Å². The van der Waals surface area contributed by atoms with Crippen LogP contribution in [0.25, 0.3) is 0 Å². The molecule has 118 valence electrons. The van der Waals surface area contributed by atoms with Gasteiger partial charge in [-0.1, -0.05) is 60.8 Å². The van der Waals surface area contributed by atoms with Gasteiger partial charge in [0, 0.05) is 0 Å². The van der Waals surface area contributed by atoms with E-state index in [1.807, 2.05) is 0 Å². The van der Waals surface area contributed by atoms with Crippen LogP contribution in [-0.4, -0.2) is 0 Å². The lowest BCUT2D eigenvalue weighted by Gasteiger charge is -2.54. The van der Waals surface area contributed by atoms with Gasteiger partial charge in [-0.05, 0) is 66.6 Å². The lowest BCUT2D eigenvalue weighted by Crippen LogP contribution is -2.46. The molecule has 0 nitrogen and oxygen atoms in total. The second kappa shape index (κ2) is 6.41. The molecule has 0 heteroatoms. The predicted octanol–water partition coefficient (Wildman–Crippen LogP) is 6.55. The van der Waals surface area contributed by atoms with Gasteiger partial charge < -0.3 is 0 Å². The molecule has 0 aromatic rings. The third-order valence-electron chi connectivity index (χ3n) is 7.12. The maximum atomic E-state index is 2.52. The average molecular weight is 279 g/mol. The Morgan fingerprint density at radius 1 is 0.800 bits per heavy atom. The van der Waals surface area contributed by atoms with E-state index in [0.717, 1.165) is 35.5 Å². The minimum Gasteiger partial charge on any atom is -0.0625 e. The SMILES string of the molecule is CC1CCC(C(C)C)(C2CC(C)CCC2C(C)C)CC1. The van der Waals surface area contributed by atoms with Gasteiger partial charge in [-0.3, -0.25) is 0 Å². The number of hydrogen-bond acceptors (Lipinski definition) is 0. The van der Waals surface area contributed by atoms with Crippen molar-refractivity contribution in [3.8, 4) is 0 Å². The zero-order chi connectivity index (χ0) is 14.9. The molecule has 0 N–H and O–H groups in total. The summed E-state index contributed by atoms with van der Waals surface area (Å²) in [5.74, 6) is 5.67. The van der Waals surface area contributed by atoms with Crippen LogP contribution in [0.4, 0.5) is 0 Å². The highest BCUT2D eigenvalue weighted by Gasteiger charge is 2.48. The van der Waals surface area contributed by atoms with E-state index < -0.39 is 0 Å². The zero-order valence-electron chi connectivity index (χ0n) is 14.9. The fraction of sp³-hybridized carbons (Fsp3) is 1.00. The Morgan fingerprint density at radius 2 is 1.40 bits per heavy atom. The van der Waals surface area contributed by atoms with Crippen LogP contribution in [0.1, 0.15) is 86.5 Å². The van der Waals surface area contributed by atoms with E-state index in [2.05, 4.69) is 41.5 Å². The molecule has 2 aliphatic carbocycles. The highest BCUT2D eigenvalue weighted by Crippen LogP contribution is 2.57. The van der Waals surface area contributed by atoms with Crippen molar-refractivity contribution in [1.82, 2.24) is 0 Å². The maximum Gasteiger partial charge on any atom is -0.0243 e. The third kappa shape index (κ3) is 3.09. The first-order valence-electron chi connectivity index (χ1n) is 9.36. The topological polar surface area (TPSA) is 0 Å². The van der Waals surface area contributed by atoms with Crippen LogP contribution in [0.3, 0.4) is 0 Å². The lowest BCUT2D eigenvalue weighted by molar-refractivity contribution is -0.0478. The molecule has 0 heterocycles. The summed E-state index contributed by atoms with van der Waals surface area (Å²) in [6.07, 6.45) is 10.5. The van der Waals surface area contributed by atoms with E-state index in [9.17, 15) is 0 Å². The summed E-state index contributed by atoms with van der Waals surface area (Å²) >= 11 is 0. The summed E-state index contributed by atoms with van der Waals surface area (Å²) in [5, 5.41) is 0. The molecule has 2 saturated carbocycles. The Hall–Kier alpha value is 0. The van der Waals surface area contributed by atoms with Crippen LogP contribution in [0.5, 0.6) is 0 Å². The summed E-state index contributed by atoms with van der Waals surface area (Å²) in [6.45, 7) is 15.0. The van der Waals surface area contributed by atoms with Crippen molar-refractivity contribution in [2.24, 2.45) is 40.9 Å². The molecule has 0 aromatic carbocycles. The minimum atomic E-state index is 0.663. The van der Waals surface area contributed by atoms with E-state index in [0.29, 0.717) is 5.41 Å². The van der Waals surface area contributed by atoms with E-state index in [-0.39, 0.29) is 0 Å². The van der Waals surface area contributed by atoms with Gasteiger partial charge in [0.2, 0.25) is 0 Å². The molecule has 2 fully saturated rings. The predicted molar refractivity (Wildman–Crippen MR) is 89.7 cm³/mol. The number of rotatable bonds is 3. The summed E-state index contributed by atoms with van der Waals surface area (Å²) < 4.78 is 0. The van der Waals surface area contributed by atoms with Gasteiger partial charge in [0.15, 0.2) is 0 Å². The second-order valence-electron chi connectivity index (χ2n) is 9.00. The molecule has 3 unspecified atom stereocenters. The fourth-order valence-corrected chi connectivity index (χ4v) is 5.54. The van der Waals surface area contributed by atoms with Crippen molar-refractivity contribution >= 4 is 0 Å². The van der Waals surface area contributed by atoms with Gasteiger partial charge in [-0.25, -0.2) is 0 Å². The molecule has 2 rings (SSSR count). The van der Waals surface area contributed by atoms with Gasteiger partial charge in [-0.2, -0.15) is 0 Å². The van der Waals surface area contributed by atoms with Gasteiger partial charge in [0.25, 0.3) is 0 Å². The molecule has 3 atom stereocenters. The van der Waals surface area contributed by atoms with Crippen molar-refractivity contribution in [3.05, 3.63) is 0 Å². The first-order chi connectivity index (χ1) is 9.36. The zero-order valence-corrected chi connectivity index (χ0v) is 14.9. The van der Waals surface area contributed by atoms with Crippen LogP contribution >= 0.6 is 0 Å². The molecule has 0 aromatic heterocycles. The van der Waals surface area contributed by atoms with E-state index in [1.54, 1.807) is 0 Å². The van der Waals surface area contributed by atoms with E-state index in [1.165, 1.54) is 44.9 Å². The average Bonchev–Trinajstić information content (AvgIpc) is 2.39. The summed E-state index contributed by atoms with van der Waals surface area (Å²) in [7, 11) is 0. The fourth-order valence-electron chi connectivity index (χ4n) is 5.54. The van der Waals surface area contributed by atoms with Crippen molar-refractivity contribution in [1.29, 1.82) is 0 Å². The van der Waals surface area contributed by atoms with Crippen LogP contribution in [-0.2, 0) is 0 Å². The van der Waals surface area contributed by atoms with Gasteiger partial charge in [0.1, 0.15) is 0 Å². The Morgan fingerprint density at radius 3 is 1.90 bits per heavy atom. The molecular formula is C20H38. The Kier molecular flexibility index (Phi) is 5.24. The van der Waals surface area contributed by atoms with E-state index >= 15 is 0 Å². The molecule has 0 bridgehead atoms. The molecule has 20 heavy (non-hydrogen) atoms. The summed E-state index contributed by atoms with van der Waals surface area (Å²) in [6, 6.07) is 0. The Bertz CT molecular complexity index is 293. The van der Waals surface area contributed by atoms with Crippen molar-refractivity contribution in [2.45, 2.75) is 86.5 Å². The largest absolute Gasteiger partial charge is 0.0625 e. The second-order valence-corrected chi connectivity index (χ2v) is 9.00. The normalized spacial score (nSPS) is 43.2. The van der Waals surface area contributed by atoms with Crippen LogP contribution in [0.15, 0.2) is 0 Å². The smallest absolute Gasteiger partial charge is 0.0243 e. The highest BCUT2D eigenvalue weighted by atomic mass is 14.5. The van der Waals surface area contributed by atoms with Crippen molar-refractivity contribution in [3.63, 3.8) is 0 Å². The minimum absolute atomic E-state index is 0.663. The molecule has 0 saturated heterocycles. The molecule has 0 radical (unpaired) electrons. The molecule has 0 aliphatic heterocycles. The van der Waals surface area contributed by atoms with Crippen LogP contribution in [0.2, 0.25) is 0 Å². The Labute approximate surface area is 128 Å². The van der Waals surface area contributed by atoms with Crippen LogP contribution in [0, 0.1) is 40.9 Å². The monoisotopic (exact) mass is 278 g/mol. The first kappa shape index (κ1) is 16.4. The molecule has 0 spiro atoms. The van der Waals surface area contributed by atoms with Gasteiger partial charge in [0.05, 0.1) is 0 Å². The Balaban J connectivity index is 2.25. The van der Waals surface area contributed by atoms with Gasteiger partial charge >= 0.3 is 0 Å². The summed E-state index contributed by atoms with van der Waals surface area (Å²) in [4.78, 5) is 0. The molecular weight excluding hydrogens is 240 g/mol. The molecule has 2 aliphatic rings. The standard InChI is InChI=1S/C20H38/c1-14(2)18-8-7-17(6)13-19(18)20(15(3)4)11-9-16(5)10-12-20/h14-19H,7-13H2,1-6H3. The van der Waals surface area contributed by atoms with Gasteiger partial charge in [-0.15, -0.1) is 0 Å². The summed E-state index contributed by atoms with van der Waals surface area (Å²) in [5.41, 5.74) is 0.663. The maximum absolute atomic E-state index is 2.52. The number of hydrogen-bond donors (Lipinski definition) is 0. The molecule has 0 amide bonds. The van der Waals surface area contributed by atoms with Crippen molar-refractivity contribution < 1.29 is 0 Å². The third-order valence-corrected chi connectivity index (χ3v) is 7.12. The quantitative estimate of drug-likeness (QED) is 0.549. The highest BCUT2D eigenvalue weighted by molar-refractivity contribution is 4.97. The first-order valence-corrected chi connectivity index (χ1v) is 9.36. The lowest BCUT2D eigenvalue weighted by atomic mass is 9.51. The van der Waals surface area contributed by atoms with Crippen molar-refractivity contribution in [2.75, 3.05) is 0 Å². The van der Waals surface area contributed by atoms with E-state index in [4.69, 9.17) is 0 Å².